The van der Waals surface area contributed by atoms with Crippen LogP contribution in [0, 0.1) is 0 Å². The van der Waals surface area contributed by atoms with Crippen LogP contribution in [-0.4, -0.2) is 51.8 Å². The summed E-state index contributed by atoms with van der Waals surface area (Å²) in [6.45, 7) is 18.8. The standard InChI is InChI=1S/C16H30O4.2CH4/c1-13(2)9-17-7-8-19-15(5)11-18-12-16(6)20-10-14(3)4;;/h15-16H,1,3,7-12H2,2,4-6H3;2*1H4. The van der Waals surface area contributed by atoms with Crippen LogP contribution in [0.2, 0.25) is 0 Å². The van der Waals surface area contributed by atoms with Crippen LogP contribution in [0.1, 0.15) is 42.5 Å². The molecule has 4 nitrogen and oxygen atoms in total. The van der Waals surface area contributed by atoms with E-state index >= 15 is 0 Å². The summed E-state index contributed by atoms with van der Waals surface area (Å²) in [5.74, 6) is 0. The Morgan fingerprint density at radius 1 is 0.773 bits per heavy atom. The van der Waals surface area contributed by atoms with E-state index in [1.54, 1.807) is 0 Å². The lowest BCUT2D eigenvalue weighted by Gasteiger charge is -2.17. The van der Waals surface area contributed by atoms with E-state index in [0.29, 0.717) is 39.6 Å². The average Bonchev–Trinajstić information content (AvgIpc) is 2.35. The summed E-state index contributed by atoms with van der Waals surface area (Å²) >= 11 is 0. The minimum absolute atomic E-state index is 0. The van der Waals surface area contributed by atoms with Gasteiger partial charge in [0, 0.05) is 0 Å². The van der Waals surface area contributed by atoms with Gasteiger partial charge in [-0.15, -0.1) is 0 Å². The molecule has 0 aromatic rings. The number of rotatable bonds is 13. The van der Waals surface area contributed by atoms with Crippen LogP contribution in [0.5, 0.6) is 0 Å². The molecule has 2 unspecified atom stereocenters. The van der Waals surface area contributed by atoms with Crippen molar-refractivity contribution in [2.45, 2.75) is 54.8 Å². The summed E-state index contributed by atoms with van der Waals surface area (Å²) in [5, 5.41) is 0. The molecule has 0 saturated heterocycles. The molecule has 134 valence electrons. The van der Waals surface area contributed by atoms with E-state index in [4.69, 9.17) is 18.9 Å². The first-order valence-corrected chi connectivity index (χ1v) is 7.09. The van der Waals surface area contributed by atoms with Crippen LogP contribution < -0.4 is 0 Å². The molecule has 0 bridgehead atoms. The second-order valence-electron chi connectivity index (χ2n) is 5.31. The second-order valence-corrected chi connectivity index (χ2v) is 5.31. The molecule has 0 N–H and O–H groups in total. The van der Waals surface area contributed by atoms with Crippen LogP contribution in [0.25, 0.3) is 0 Å². The molecule has 0 rings (SSSR count). The van der Waals surface area contributed by atoms with E-state index in [1.165, 1.54) is 0 Å². The van der Waals surface area contributed by atoms with Gasteiger partial charge in [0.1, 0.15) is 0 Å². The third kappa shape index (κ3) is 19.3. The molecule has 22 heavy (non-hydrogen) atoms. The molecule has 0 radical (unpaired) electrons. The van der Waals surface area contributed by atoms with E-state index in [-0.39, 0.29) is 27.1 Å². The molecule has 0 fully saturated rings. The van der Waals surface area contributed by atoms with Gasteiger partial charge in [0.15, 0.2) is 0 Å². The van der Waals surface area contributed by atoms with Crippen molar-refractivity contribution in [3.05, 3.63) is 24.3 Å². The molecule has 0 spiro atoms. The molecule has 0 saturated carbocycles. The third-order valence-electron chi connectivity index (χ3n) is 2.30. The van der Waals surface area contributed by atoms with E-state index in [1.807, 2.05) is 27.7 Å². The smallest absolute Gasteiger partial charge is 0.0784 e. The highest BCUT2D eigenvalue weighted by molar-refractivity contribution is 4.87. The first-order valence-electron chi connectivity index (χ1n) is 7.09. The molecule has 0 aromatic carbocycles. The van der Waals surface area contributed by atoms with Crippen molar-refractivity contribution in [1.82, 2.24) is 0 Å². The average molecular weight is 318 g/mol. The minimum atomic E-state index is 0. The molecule has 4 heteroatoms. The van der Waals surface area contributed by atoms with Gasteiger partial charge >= 0.3 is 0 Å². The van der Waals surface area contributed by atoms with Crippen LogP contribution >= 0.6 is 0 Å². The topological polar surface area (TPSA) is 36.9 Å². The van der Waals surface area contributed by atoms with Gasteiger partial charge < -0.3 is 18.9 Å². The Morgan fingerprint density at radius 3 is 1.77 bits per heavy atom. The molecule has 0 aromatic heterocycles. The summed E-state index contributed by atoms with van der Waals surface area (Å²) in [5.41, 5.74) is 2.04. The SMILES string of the molecule is C.C.C=C(C)COCCOC(C)COCC(C)OCC(=C)C. The third-order valence-corrected chi connectivity index (χ3v) is 2.30. The molecule has 0 aliphatic carbocycles. The van der Waals surface area contributed by atoms with E-state index in [0.717, 1.165) is 11.1 Å². The van der Waals surface area contributed by atoms with Gasteiger partial charge in [-0.2, -0.15) is 0 Å². The maximum absolute atomic E-state index is 5.57. The molecule has 0 aliphatic heterocycles. The molecular weight excluding hydrogens is 280 g/mol. The molecular formula is C18H38O4. The fourth-order valence-electron chi connectivity index (χ4n) is 1.34. The molecule has 0 amide bonds. The first kappa shape index (κ1) is 26.2. The molecule has 2 atom stereocenters. The van der Waals surface area contributed by atoms with Gasteiger partial charge in [0.05, 0.1) is 51.8 Å². The highest BCUT2D eigenvalue weighted by Crippen LogP contribution is 1.99. The Labute approximate surface area is 138 Å². The second kappa shape index (κ2) is 16.7. The van der Waals surface area contributed by atoms with Crippen molar-refractivity contribution in [1.29, 1.82) is 0 Å². The normalized spacial score (nSPS) is 12.7. The minimum Gasteiger partial charge on any atom is -0.376 e. The molecule has 0 heterocycles. The maximum Gasteiger partial charge on any atom is 0.0784 e. The Bertz CT molecular complexity index is 276. The van der Waals surface area contributed by atoms with Gasteiger partial charge in [-0.25, -0.2) is 0 Å². The summed E-state index contributed by atoms with van der Waals surface area (Å²) in [6.07, 6.45) is 0.120. The van der Waals surface area contributed by atoms with Gasteiger partial charge in [-0.1, -0.05) is 39.2 Å². The van der Waals surface area contributed by atoms with Gasteiger partial charge in [-0.3, -0.25) is 0 Å². The zero-order valence-electron chi connectivity index (χ0n) is 13.4. The highest BCUT2D eigenvalue weighted by Gasteiger charge is 2.06. The van der Waals surface area contributed by atoms with Crippen molar-refractivity contribution in [2.24, 2.45) is 0 Å². The van der Waals surface area contributed by atoms with E-state index in [2.05, 4.69) is 13.2 Å². The lowest BCUT2D eigenvalue weighted by Crippen LogP contribution is -2.23. The van der Waals surface area contributed by atoms with Crippen LogP contribution in [0.15, 0.2) is 24.3 Å². The Balaban J connectivity index is -0.00000180. The van der Waals surface area contributed by atoms with Crippen molar-refractivity contribution in [3.8, 4) is 0 Å². The van der Waals surface area contributed by atoms with Gasteiger partial charge in [-0.05, 0) is 27.7 Å². The lowest BCUT2D eigenvalue weighted by atomic mass is 10.3. The Hall–Kier alpha value is -0.680. The van der Waals surface area contributed by atoms with Crippen LogP contribution in [0.4, 0.5) is 0 Å². The summed E-state index contributed by atoms with van der Waals surface area (Å²) < 4.78 is 22.0. The zero-order valence-corrected chi connectivity index (χ0v) is 13.4. The Kier molecular flexibility index (Phi) is 19.9. The monoisotopic (exact) mass is 318 g/mol. The van der Waals surface area contributed by atoms with Crippen LogP contribution in [-0.2, 0) is 18.9 Å². The highest BCUT2D eigenvalue weighted by atomic mass is 16.6. The van der Waals surface area contributed by atoms with Crippen molar-refractivity contribution in [3.63, 3.8) is 0 Å². The first-order chi connectivity index (χ1) is 9.41. The van der Waals surface area contributed by atoms with E-state index < -0.39 is 0 Å². The number of ether oxygens (including phenoxy) is 4. The van der Waals surface area contributed by atoms with Crippen molar-refractivity contribution in [2.75, 3.05) is 39.6 Å². The number of hydrogen-bond donors (Lipinski definition) is 0. The van der Waals surface area contributed by atoms with Gasteiger partial charge in [0.25, 0.3) is 0 Å². The number of hydrogen-bond acceptors (Lipinski definition) is 4. The fraction of sp³-hybridized carbons (Fsp3) is 0.778. The van der Waals surface area contributed by atoms with Crippen molar-refractivity contribution >= 4 is 0 Å². The predicted octanol–water partition coefficient (Wildman–Crippen LogP) is 4.25. The summed E-state index contributed by atoms with van der Waals surface area (Å²) in [4.78, 5) is 0. The summed E-state index contributed by atoms with van der Waals surface area (Å²) in [7, 11) is 0. The quantitative estimate of drug-likeness (QED) is 0.376. The summed E-state index contributed by atoms with van der Waals surface area (Å²) in [6, 6.07) is 0. The maximum atomic E-state index is 5.57. The van der Waals surface area contributed by atoms with Gasteiger partial charge in [0.2, 0.25) is 0 Å². The largest absolute Gasteiger partial charge is 0.376 e. The fourth-order valence-corrected chi connectivity index (χ4v) is 1.34. The van der Waals surface area contributed by atoms with E-state index in [9.17, 15) is 0 Å². The zero-order chi connectivity index (χ0) is 15.4. The lowest BCUT2D eigenvalue weighted by molar-refractivity contribution is -0.0525. The predicted molar refractivity (Wildman–Crippen MR) is 95.6 cm³/mol. The molecule has 0 aliphatic rings. The van der Waals surface area contributed by atoms with Crippen LogP contribution in [0.3, 0.4) is 0 Å². The van der Waals surface area contributed by atoms with Crippen molar-refractivity contribution < 1.29 is 18.9 Å². The Morgan fingerprint density at radius 2 is 1.27 bits per heavy atom.